The molecule has 3 heteroatoms. The average molecular weight is 106 g/mol. The second kappa shape index (κ2) is 8.82. The Morgan fingerprint density at radius 3 is 2.00 bits per heavy atom. The molecule has 1 nitrogen and oxygen atoms in total. The molecule has 0 fully saturated rings. The number of thiol groups is 1. The monoisotopic (exact) mass is 106 g/mol. The number of aliphatic hydroxyl groups excluding tert-OH is 1. The van der Waals surface area contributed by atoms with Crippen LogP contribution in [0, 0.1) is 0 Å². The summed E-state index contributed by atoms with van der Waals surface area (Å²) in [6.45, 7) is 0. The van der Waals surface area contributed by atoms with Gasteiger partial charge in [-0.15, -0.1) is 0 Å². The van der Waals surface area contributed by atoms with E-state index in [0.717, 1.165) is 0 Å². The van der Waals surface area contributed by atoms with Crippen molar-refractivity contribution in [3.63, 3.8) is 0 Å². The quantitative estimate of drug-likeness (QED) is 0.247. The smallest absolute Gasteiger partial charge is 1.00 e. The van der Waals surface area contributed by atoms with Gasteiger partial charge in [0.15, 0.2) is 0 Å². The van der Waals surface area contributed by atoms with Crippen LogP contribution in [0.4, 0.5) is 0 Å². The molecule has 0 unspecified atom stereocenters. The Kier molecular flexibility index (Phi) is 20.1. The molecule has 0 aliphatic carbocycles. The first-order valence-electron chi connectivity index (χ1n) is 0.632. The van der Waals surface area contributed by atoms with Crippen molar-refractivity contribution in [2.75, 3.05) is 5.94 Å². The average Bonchev–Trinajstić information content (AvgIpc) is 0.918. The van der Waals surface area contributed by atoms with Crippen LogP contribution in [-0.2, 0) is 0 Å². The number of aliphatic hydroxyl groups is 1. The zero-order valence-corrected chi connectivity index (χ0v) is 5.41. The van der Waals surface area contributed by atoms with Crippen LogP contribution < -0.4 is 0 Å². The second-order valence-electron chi connectivity index (χ2n) is 0.141. The Morgan fingerprint density at radius 1 is 2.00 bits per heavy atom. The zero-order chi connectivity index (χ0) is 2.71. The van der Waals surface area contributed by atoms with Crippen LogP contribution in [0.25, 0.3) is 0 Å². The van der Waals surface area contributed by atoms with E-state index in [2.05, 4.69) is 12.6 Å². The molecule has 0 rings (SSSR count). The molecule has 0 aromatic rings. The maximum absolute atomic E-state index is 7.43. The van der Waals surface area contributed by atoms with Crippen molar-refractivity contribution in [2.45, 2.75) is 0 Å². The summed E-state index contributed by atoms with van der Waals surface area (Å²) in [5, 5.41) is 7.43. The third-order valence-corrected chi connectivity index (χ3v) is 0. The SMILES string of the molecule is OCS.[Ca+2].[H-].[H-]. The van der Waals surface area contributed by atoms with Gasteiger partial charge in [0.2, 0.25) is 0 Å². The van der Waals surface area contributed by atoms with E-state index in [4.69, 9.17) is 5.11 Å². The van der Waals surface area contributed by atoms with Gasteiger partial charge in [0, 0.05) is 0 Å². The first-order chi connectivity index (χ1) is 1.41. The zero-order valence-electron chi connectivity index (χ0n) is 4.31. The van der Waals surface area contributed by atoms with Gasteiger partial charge in [-0.1, -0.05) is 0 Å². The summed E-state index contributed by atoms with van der Waals surface area (Å²) in [5.41, 5.74) is 0. The minimum absolute atomic E-state index is 0. The molecule has 0 bridgehead atoms. The minimum Gasteiger partial charge on any atom is -1.00 e. The van der Waals surface area contributed by atoms with E-state index in [1.807, 2.05) is 0 Å². The molecule has 0 radical (unpaired) electrons. The molecule has 0 saturated carbocycles. The van der Waals surface area contributed by atoms with E-state index in [-0.39, 0.29) is 46.5 Å². The van der Waals surface area contributed by atoms with E-state index < -0.39 is 0 Å². The van der Waals surface area contributed by atoms with Crippen molar-refractivity contribution in [3.05, 3.63) is 0 Å². The van der Waals surface area contributed by atoms with E-state index in [9.17, 15) is 0 Å². The molecule has 0 spiro atoms. The maximum Gasteiger partial charge on any atom is 2.00 e. The van der Waals surface area contributed by atoms with Crippen LogP contribution >= 0.6 is 12.6 Å². The van der Waals surface area contributed by atoms with Gasteiger partial charge >= 0.3 is 37.7 Å². The summed E-state index contributed by atoms with van der Waals surface area (Å²) in [6.07, 6.45) is 0. The Hall–Kier alpha value is 1.57. The van der Waals surface area contributed by atoms with Crippen molar-refractivity contribution < 1.29 is 7.96 Å². The van der Waals surface area contributed by atoms with Crippen LogP contribution in [0.3, 0.4) is 0 Å². The molecule has 0 heterocycles. The largest absolute Gasteiger partial charge is 2.00 e. The number of rotatable bonds is 0. The molecule has 0 aliphatic heterocycles. The molecule has 4 heavy (non-hydrogen) atoms. The molecule has 0 amide bonds. The van der Waals surface area contributed by atoms with Gasteiger partial charge in [-0.25, -0.2) is 0 Å². The molecule has 0 aromatic heterocycles. The fourth-order valence-electron chi connectivity index (χ4n) is 0. The Morgan fingerprint density at radius 2 is 2.00 bits per heavy atom. The Balaban J connectivity index is -0.00000000667. The minimum atomic E-state index is -0.0556. The van der Waals surface area contributed by atoms with Crippen LogP contribution in [0.2, 0.25) is 0 Å². The van der Waals surface area contributed by atoms with Crippen LogP contribution in [-0.4, -0.2) is 48.8 Å². The van der Waals surface area contributed by atoms with Crippen molar-refractivity contribution >= 4 is 50.4 Å². The maximum atomic E-state index is 7.43. The Labute approximate surface area is 63.8 Å². The number of hydrogen-bond acceptors (Lipinski definition) is 2. The van der Waals surface area contributed by atoms with Gasteiger partial charge in [0.25, 0.3) is 0 Å². The van der Waals surface area contributed by atoms with E-state index in [1.54, 1.807) is 0 Å². The molecule has 0 saturated heterocycles. The van der Waals surface area contributed by atoms with E-state index >= 15 is 0 Å². The van der Waals surface area contributed by atoms with E-state index in [1.165, 1.54) is 0 Å². The molecule has 0 atom stereocenters. The van der Waals surface area contributed by atoms with Gasteiger partial charge in [-0.3, -0.25) is 0 Å². The van der Waals surface area contributed by atoms with Gasteiger partial charge in [-0.2, -0.15) is 12.6 Å². The molecule has 0 aromatic carbocycles. The molecular formula is CH6CaOS. The fraction of sp³-hybridized carbons (Fsp3) is 1.00. The summed E-state index contributed by atoms with van der Waals surface area (Å²) < 4.78 is 0. The fourth-order valence-corrected chi connectivity index (χ4v) is 0. The van der Waals surface area contributed by atoms with Crippen LogP contribution in [0.5, 0.6) is 0 Å². The molecule has 24 valence electrons. The van der Waals surface area contributed by atoms with Crippen molar-refractivity contribution in [3.8, 4) is 0 Å². The molecule has 1 N–H and O–H groups in total. The van der Waals surface area contributed by atoms with Gasteiger partial charge in [-0.05, 0) is 0 Å². The van der Waals surface area contributed by atoms with Crippen molar-refractivity contribution in [1.82, 2.24) is 0 Å². The number of hydrogen-bond donors (Lipinski definition) is 2. The van der Waals surface area contributed by atoms with Crippen molar-refractivity contribution in [2.24, 2.45) is 0 Å². The van der Waals surface area contributed by atoms with Gasteiger partial charge in [0.1, 0.15) is 0 Å². The van der Waals surface area contributed by atoms with Gasteiger partial charge in [0.05, 0.1) is 5.94 Å². The third-order valence-electron chi connectivity index (χ3n) is 0. The second-order valence-corrected chi connectivity index (χ2v) is 0.424. The standard InChI is InChI=1S/CH4OS.Ca.2H/c2-1-3;;;/h2-3H,1H2;;;/q;+2;2*-1. The summed E-state index contributed by atoms with van der Waals surface area (Å²) >= 11 is 3.34. The van der Waals surface area contributed by atoms with Gasteiger partial charge < -0.3 is 7.96 Å². The van der Waals surface area contributed by atoms with E-state index in [0.29, 0.717) is 0 Å². The summed E-state index contributed by atoms with van der Waals surface area (Å²) in [6, 6.07) is 0. The molecular weight excluding hydrogens is 100 g/mol. The normalized spacial score (nSPS) is 4.50. The Bertz CT molecular complexity index is 13.5. The van der Waals surface area contributed by atoms with Crippen LogP contribution in [0.15, 0.2) is 0 Å². The summed E-state index contributed by atoms with van der Waals surface area (Å²) in [4.78, 5) is 0. The predicted octanol–water partition coefficient (Wildman–Crippen LogP) is -0.290. The topological polar surface area (TPSA) is 20.2 Å². The van der Waals surface area contributed by atoms with Crippen molar-refractivity contribution in [1.29, 1.82) is 0 Å². The summed E-state index contributed by atoms with van der Waals surface area (Å²) in [5.74, 6) is -0.0556. The first kappa shape index (κ1) is 9.13. The van der Waals surface area contributed by atoms with Crippen LogP contribution in [0.1, 0.15) is 2.85 Å². The third kappa shape index (κ3) is 9.57. The molecule has 0 aliphatic rings. The first-order valence-corrected chi connectivity index (χ1v) is 1.26. The predicted molar refractivity (Wildman–Crippen MR) is 24.0 cm³/mol. The summed E-state index contributed by atoms with van der Waals surface area (Å²) in [7, 11) is 0.